The van der Waals surface area contributed by atoms with Crippen LogP contribution in [0.5, 0.6) is 5.75 Å². The number of carboxylic acid groups (broad SMARTS) is 1. The van der Waals surface area contributed by atoms with Gasteiger partial charge in [-0.3, -0.25) is 0 Å². The van der Waals surface area contributed by atoms with Crippen molar-refractivity contribution in [2.75, 3.05) is 7.11 Å². The first-order valence-corrected chi connectivity index (χ1v) is 4.45. The van der Waals surface area contributed by atoms with Crippen molar-refractivity contribution in [1.29, 1.82) is 0 Å². The van der Waals surface area contributed by atoms with Crippen LogP contribution in [0.4, 0.5) is 13.2 Å². The molecular weight excluding hydrogens is 241 g/mol. The fraction of sp³-hybridized carbons (Fsp3) is 0.300. The van der Waals surface area contributed by atoms with Crippen LogP contribution in [0, 0.1) is 0 Å². The number of alkyl halides is 3. The standard InChI is InChI=1S/C10H9F3O4/c1-16-8(9(14)15)6-3-2-4-7(5-6)17-10(11,12)13/h2-5,8H,1H3,(H,14,15). The lowest BCUT2D eigenvalue weighted by Gasteiger charge is -2.13. The fourth-order valence-corrected chi connectivity index (χ4v) is 1.25. The molecule has 0 saturated heterocycles. The summed E-state index contributed by atoms with van der Waals surface area (Å²) >= 11 is 0. The first-order chi connectivity index (χ1) is 7.83. The fourth-order valence-electron chi connectivity index (χ4n) is 1.25. The van der Waals surface area contributed by atoms with E-state index in [0.717, 1.165) is 19.2 Å². The third-order valence-corrected chi connectivity index (χ3v) is 1.85. The quantitative estimate of drug-likeness (QED) is 0.891. The number of ether oxygens (including phenoxy) is 2. The molecule has 1 atom stereocenters. The number of carboxylic acids is 1. The second kappa shape index (κ2) is 5.05. The van der Waals surface area contributed by atoms with Gasteiger partial charge in [-0.05, 0) is 17.7 Å². The summed E-state index contributed by atoms with van der Waals surface area (Å²) in [6.45, 7) is 0. The Labute approximate surface area is 94.6 Å². The second-order valence-corrected chi connectivity index (χ2v) is 3.07. The largest absolute Gasteiger partial charge is 0.573 e. The third-order valence-electron chi connectivity index (χ3n) is 1.85. The molecule has 0 spiro atoms. The van der Waals surface area contributed by atoms with Gasteiger partial charge in [-0.1, -0.05) is 12.1 Å². The number of carbonyl (C=O) groups is 1. The van der Waals surface area contributed by atoms with E-state index in [1.165, 1.54) is 12.1 Å². The van der Waals surface area contributed by atoms with Crippen molar-refractivity contribution in [3.63, 3.8) is 0 Å². The Kier molecular flexibility index (Phi) is 3.95. The zero-order valence-corrected chi connectivity index (χ0v) is 8.69. The third kappa shape index (κ3) is 3.95. The Balaban J connectivity index is 2.96. The van der Waals surface area contributed by atoms with Crippen LogP contribution in [0.1, 0.15) is 11.7 Å². The highest BCUT2D eigenvalue weighted by Gasteiger charge is 2.31. The van der Waals surface area contributed by atoms with Gasteiger partial charge >= 0.3 is 12.3 Å². The second-order valence-electron chi connectivity index (χ2n) is 3.07. The smallest absolute Gasteiger partial charge is 0.479 e. The summed E-state index contributed by atoms with van der Waals surface area (Å²) in [6, 6.07) is 4.64. The summed E-state index contributed by atoms with van der Waals surface area (Å²) < 4.78 is 44.1. The van der Waals surface area contributed by atoms with Crippen LogP contribution in [-0.4, -0.2) is 24.5 Å². The van der Waals surface area contributed by atoms with E-state index in [0.29, 0.717) is 0 Å². The van der Waals surface area contributed by atoms with E-state index in [2.05, 4.69) is 9.47 Å². The van der Waals surface area contributed by atoms with Gasteiger partial charge in [-0.25, -0.2) is 4.79 Å². The predicted molar refractivity (Wildman–Crippen MR) is 50.5 cm³/mol. The molecule has 0 aromatic heterocycles. The lowest BCUT2D eigenvalue weighted by Crippen LogP contribution is -2.18. The highest BCUT2D eigenvalue weighted by molar-refractivity contribution is 5.74. The minimum Gasteiger partial charge on any atom is -0.479 e. The van der Waals surface area contributed by atoms with Gasteiger partial charge in [0, 0.05) is 7.11 Å². The molecule has 94 valence electrons. The van der Waals surface area contributed by atoms with Crippen molar-refractivity contribution in [3.8, 4) is 5.75 Å². The number of benzene rings is 1. The Hall–Kier alpha value is -1.76. The molecule has 0 aliphatic rings. The molecular formula is C10H9F3O4. The molecule has 0 radical (unpaired) electrons. The highest BCUT2D eigenvalue weighted by Crippen LogP contribution is 2.26. The molecule has 1 N–H and O–H groups in total. The van der Waals surface area contributed by atoms with Crippen LogP contribution < -0.4 is 4.74 Å². The van der Waals surface area contributed by atoms with Crippen LogP contribution in [-0.2, 0) is 9.53 Å². The van der Waals surface area contributed by atoms with Gasteiger partial charge in [-0.15, -0.1) is 13.2 Å². The summed E-state index contributed by atoms with van der Waals surface area (Å²) in [4.78, 5) is 10.7. The zero-order chi connectivity index (χ0) is 13.1. The number of hydrogen-bond acceptors (Lipinski definition) is 3. The molecule has 0 saturated carbocycles. The van der Waals surface area contributed by atoms with Gasteiger partial charge in [0.1, 0.15) is 5.75 Å². The molecule has 1 rings (SSSR count). The average Bonchev–Trinajstić information content (AvgIpc) is 2.15. The maximum atomic E-state index is 11.9. The molecule has 0 bridgehead atoms. The van der Waals surface area contributed by atoms with E-state index < -0.39 is 24.2 Å². The van der Waals surface area contributed by atoms with Crippen molar-refractivity contribution in [3.05, 3.63) is 29.8 Å². The molecule has 7 heteroatoms. The van der Waals surface area contributed by atoms with Crippen LogP contribution >= 0.6 is 0 Å². The lowest BCUT2D eigenvalue weighted by atomic mass is 10.1. The topological polar surface area (TPSA) is 55.8 Å². The van der Waals surface area contributed by atoms with Crippen molar-refractivity contribution in [2.24, 2.45) is 0 Å². The average molecular weight is 250 g/mol. The molecule has 17 heavy (non-hydrogen) atoms. The molecule has 0 fully saturated rings. The number of rotatable bonds is 4. The van der Waals surface area contributed by atoms with Crippen molar-refractivity contribution in [2.45, 2.75) is 12.5 Å². The number of halogens is 3. The maximum absolute atomic E-state index is 11.9. The zero-order valence-electron chi connectivity index (χ0n) is 8.69. The molecule has 1 unspecified atom stereocenters. The molecule has 0 aliphatic heterocycles. The van der Waals surface area contributed by atoms with Gasteiger partial charge in [0.2, 0.25) is 0 Å². The summed E-state index contributed by atoms with van der Waals surface area (Å²) in [5.41, 5.74) is 0.0711. The van der Waals surface area contributed by atoms with E-state index in [1.54, 1.807) is 0 Å². The molecule has 0 amide bonds. The normalized spacial score (nSPS) is 13.2. The van der Waals surface area contributed by atoms with Gasteiger partial charge in [0.25, 0.3) is 0 Å². The summed E-state index contributed by atoms with van der Waals surface area (Å²) in [6.07, 6.45) is -6.14. The van der Waals surface area contributed by atoms with E-state index >= 15 is 0 Å². The Bertz CT molecular complexity index is 403. The van der Waals surface area contributed by atoms with Crippen molar-refractivity contribution in [1.82, 2.24) is 0 Å². The predicted octanol–water partition coefficient (Wildman–Crippen LogP) is 2.36. The van der Waals surface area contributed by atoms with Gasteiger partial charge in [-0.2, -0.15) is 0 Å². The monoisotopic (exact) mass is 250 g/mol. The first-order valence-electron chi connectivity index (χ1n) is 4.45. The summed E-state index contributed by atoms with van der Waals surface area (Å²) in [5.74, 6) is -1.78. The molecule has 4 nitrogen and oxygen atoms in total. The molecule has 0 aliphatic carbocycles. The van der Waals surface area contributed by atoms with Crippen molar-refractivity contribution < 1.29 is 32.5 Å². The Morgan fingerprint density at radius 2 is 2.06 bits per heavy atom. The summed E-state index contributed by atoms with van der Waals surface area (Å²) in [5, 5.41) is 8.76. The van der Waals surface area contributed by atoms with E-state index in [9.17, 15) is 18.0 Å². The highest BCUT2D eigenvalue weighted by atomic mass is 19.4. The number of methoxy groups -OCH3 is 1. The molecule has 1 aromatic carbocycles. The first kappa shape index (κ1) is 13.3. The van der Waals surface area contributed by atoms with Crippen LogP contribution in [0.2, 0.25) is 0 Å². The van der Waals surface area contributed by atoms with Crippen molar-refractivity contribution >= 4 is 5.97 Å². The maximum Gasteiger partial charge on any atom is 0.573 e. The van der Waals surface area contributed by atoms with Gasteiger partial charge in [0.15, 0.2) is 6.10 Å². The van der Waals surface area contributed by atoms with Crippen LogP contribution in [0.15, 0.2) is 24.3 Å². The minimum atomic E-state index is -4.82. The van der Waals surface area contributed by atoms with E-state index in [1.807, 2.05) is 0 Å². The van der Waals surface area contributed by atoms with Crippen LogP contribution in [0.25, 0.3) is 0 Å². The Morgan fingerprint density at radius 3 is 2.53 bits per heavy atom. The van der Waals surface area contributed by atoms with E-state index in [-0.39, 0.29) is 5.56 Å². The van der Waals surface area contributed by atoms with Crippen LogP contribution in [0.3, 0.4) is 0 Å². The van der Waals surface area contributed by atoms with E-state index in [4.69, 9.17) is 5.11 Å². The minimum absolute atomic E-state index is 0.0711. The SMILES string of the molecule is COC(C(=O)O)c1cccc(OC(F)(F)F)c1. The lowest BCUT2D eigenvalue weighted by molar-refractivity contribution is -0.274. The Morgan fingerprint density at radius 1 is 1.41 bits per heavy atom. The summed E-state index contributed by atoms with van der Waals surface area (Å²) in [7, 11) is 1.15. The molecule has 1 aromatic rings. The number of hydrogen-bond donors (Lipinski definition) is 1. The van der Waals surface area contributed by atoms with Gasteiger partial charge < -0.3 is 14.6 Å². The van der Waals surface area contributed by atoms with Gasteiger partial charge in [0.05, 0.1) is 0 Å². The number of aliphatic carboxylic acids is 1. The molecule has 0 heterocycles.